The van der Waals surface area contributed by atoms with Gasteiger partial charge < -0.3 is 4.57 Å². The van der Waals surface area contributed by atoms with Crippen molar-refractivity contribution < 1.29 is 0 Å². The van der Waals surface area contributed by atoms with Gasteiger partial charge in [0.05, 0.1) is 34.9 Å². The molecule has 0 radical (unpaired) electrons. The predicted molar refractivity (Wildman–Crippen MR) is 105 cm³/mol. The standard InChI is InChI=1S/C20H13Cl2N5/c21-15-2-3-17(22)14(8-15)12-27-19-7-13(10-23)1-4-18(19)26-20(27)9-16-11-24-5-6-25-16/h1-8,11H,9,12H2. The van der Waals surface area contributed by atoms with Crippen molar-refractivity contribution in [3.05, 3.63) is 87.7 Å². The van der Waals surface area contributed by atoms with Crippen molar-refractivity contribution in [1.29, 1.82) is 5.26 Å². The Bertz CT molecular complexity index is 1160. The van der Waals surface area contributed by atoms with Crippen LogP contribution in [0.5, 0.6) is 0 Å². The number of hydrogen-bond acceptors (Lipinski definition) is 4. The highest BCUT2D eigenvalue weighted by molar-refractivity contribution is 6.33. The fourth-order valence-corrected chi connectivity index (χ4v) is 3.34. The summed E-state index contributed by atoms with van der Waals surface area (Å²) >= 11 is 12.5. The lowest BCUT2D eigenvalue weighted by molar-refractivity contribution is 0.755. The first-order chi connectivity index (χ1) is 13.1. The first kappa shape index (κ1) is 17.5. The summed E-state index contributed by atoms with van der Waals surface area (Å²) in [5.74, 6) is 0.816. The molecule has 2 aromatic heterocycles. The van der Waals surface area contributed by atoms with Gasteiger partial charge in [-0.2, -0.15) is 5.26 Å². The Balaban J connectivity index is 1.85. The highest BCUT2D eigenvalue weighted by Crippen LogP contribution is 2.26. The van der Waals surface area contributed by atoms with E-state index in [1.54, 1.807) is 36.8 Å². The van der Waals surface area contributed by atoms with Crippen LogP contribution in [0.25, 0.3) is 11.0 Å². The number of nitrogens with zero attached hydrogens (tertiary/aromatic N) is 5. The quantitative estimate of drug-likeness (QED) is 0.506. The highest BCUT2D eigenvalue weighted by Gasteiger charge is 2.14. The van der Waals surface area contributed by atoms with Gasteiger partial charge in [-0.3, -0.25) is 9.97 Å². The Hall–Kier alpha value is -2.94. The number of rotatable bonds is 4. The van der Waals surface area contributed by atoms with Crippen LogP contribution in [0.4, 0.5) is 0 Å². The summed E-state index contributed by atoms with van der Waals surface area (Å²) < 4.78 is 2.04. The van der Waals surface area contributed by atoms with E-state index < -0.39 is 0 Å². The molecule has 0 N–H and O–H groups in total. The number of benzene rings is 2. The fourth-order valence-electron chi connectivity index (χ4n) is 2.97. The van der Waals surface area contributed by atoms with E-state index in [4.69, 9.17) is 28.2 Å². The molecule has 0 atom stereocenters. The van der Waals surface area contributed by atoms with Crippen LogP contribution >= 0.6 is 23.2 Å². The SMILES string of the molecule is N#Cc1ccc2nc(Cc3cnccn3)n(Cc3cc(Cl)ccc3Cl)c2c1. The summed E-state index contributed by atoms with van der Waals surface area (Å²) in [6.07, 6.45) is 5.53. The van der Waals surface area contributed by atoms with Crippen molar-refractivity contribution in [2.24, 2.45) is 0 Å². The molecule has 0 amide bonds. The molecule has 0 saturated heterocycles. The second-order valence-electron chi connectivity index (χ2n) is 6.04. The second-order valence-corrected chi connectivity index (χ2v) is 6.88. The molecule has 132 valence electrons. The van der Waals surface area contributed by atoms with Gasteiger partial charge in [-0.05, 0) is 42.0 Å². The molecule has 0 aliphatic carbocycles. The minimum atomic E-state index is 0.486. The van der Waals surface area contributed by atoms with Crippen molar-refractivity contribution in [1.82, 2.24) is 19.5 Å². The molecule has 0 fully saturated rings. The van der Waals surface area contributed by atoms with Gasteiger partial charge in [0.2, 0.25) is 0 Å². The van der Waals surface area contributed by atoms with Gasteiger partial charge in [0.25, 0.3) is 0 Å². The van der Waals surface area contributed by atoms with Crippen molar-refractivity contribution in [3.63, 3.8) is 0 Å². The minimum absolute atomic E-state index is 0.486. The number of nitriles is 1. The third-order valence-corrected chi connectivity index (χ3v) is 4.85. The second kappa shape index (κ2) is 7.36. The topological polar surface area (TPSA) is 67.4 Å². The molecular formula is C20H13Cl2N5. The molecular weight excluding hydrogens is 381 g/mol. The van der Waals surface area contributed by atoms with E-state index in [1.807, 2.05) is 22.8 Å². The third kappa shape index (κ3) is 3.63. The Morgan fingerprint density at radius 1 is 1.07 bits per heavy atom. The third-order valence-electron chi connectivity index (χ3n) is 4.25. The molecule has 2 heterocycles. The van der Waals surface area contributed by atoms with E-state index in [1.165, 1.54) is 0 Å². The van der Waals surface area contributed by atoms with Crippen LogP contribution < -0.4 is 0 Å². The van der Waals surface area contributed by atoms with Crippen molar-refractivity contribution in [3.8, 4) is 6.07 Å². The van der Waals surface area contributed by atoms with E-state index in [-0.39, 0.29) is 0 Å². The Morgan fingerprint density at radius 3 is 2.74 bits per heavy atom. The fraction of sp³-hybridized carbons (Fsp3) is 0.100. The number of fused-ring (bicyclic) bond motifs is 1. The van der Waals surface area contributed by atoms with E-state index in [9.17, 15) is 5.26 Å². The lowest BCUT2D eigenvalue weighted by atomic mass is 10.2. The zero-order valence-corrected chi connectivity index (χ0v) is 15.6. The summed E-state index contributed by atoms with van der Waals surface area (Å²) in [5, 5.41) is 10.5. The Labute approximate surface area is 165 Å². The molecule has 4 rings (SSSR count). The maximum absolute atomic E-state index is 9.26. The van der Waals surface area contributed by atoms with Gasteiger partial charge in [-0.25, -0.2) is 4.98 Å². The largest absolute Gasteiger partial charge is 0.323 e. The Morgan fingerprint density at radius 2 is 1.96 bits per heavy atom. The number of halogens is 2. The van der Waals surface area contributed by atoms with Gasteiger partial charge in [0, 0.05) is 35.1 Å². The Kier molecular flexibility index (Phi) is 4.76. The molecule has 7 heteroatoms. The van der Waals surface area contributed by atoms with Gasteiger partial charge >= 0.3 is 0 Å². The number of hydrogen-bond donors (Lipinski definition) is 0. The number of aromatic nitrogens is 4. The van der Waals surface area contributed by atoms with E-state index >= 15 is 0 Å². The summed E-state index contributed by atoms with van der Waals surface area (Å²) in [7, 11) is 0. The molecule has 0 aliphatic heterocycles. The van der Waals surface area contributed by atoms with Crippen molar-refractivity contribution in [2.75, 3.05) is 0 Å². The van der Waals surface area contributed by atoms with Gasteiger partial charge in [-0.15, -0.1) is 0 Å². The lowest BCUT2D eigenvalue weighted by Gasteiger charge is -2.11. The van der Waals surface area contributed by atoms with Gasteiger partial charge in [0.15, 0.2) is 0 Å². The van der Waals surface area contributed by atoms with Crippen LogP contribution in [-0.2, 0) is 13.0 Å². The molecule has 0 unspecified atom stereocenters. The zero-order valence-electron chi connectivity index (χ0n) is 14.1. The van der Waals surface area contributed by atoms with Crippen LogP contribution in [0, 0.1) is 11.3 Å². The molecule has 5 nitrogen and oxygen atoms in total. The van der Waals surface area contributed by atoms with Crippen LogP contribution in [0.3, 0.4) is 0 Å². The summed E-state index contributed by atoms with van der Waals surface area (Å²) in [4.78, 5) is 13.2. The highest BCUT2D eigenvalue weighted by atomic mass is 35.5. The molecule has 0 aliphatic rings. The molecule has 2 aromatic carbocycles. The van der Waals surface area contributed by atoms with Crippen molar-refractivity contribution in [2.45, 2.75) is 13.0 Å². The molecule has 4 aromatic rings. The zero-order chi connectivity index (χ0) is 18.8. The first-order valence-corrected chi connectivity index (χ1v) is 8.98. The van der Waals surface area contributed by atoms with Crippen LogP contribution in [-0.4, -0.2) is 19.5 Å². The van der Waals surface area contributed by atoms with E-state index in [0.717, 1.165) is 28.1 Å². The van der Waals surface area contributed by atoms with Crippen LogP contribution in [0.2, 0.25) is 10.0 Å². The van der Waals surface area contributed by atoms with Crippen molar-refractivity contribution >= 4 is 34.2 Å². The first-order valence-electron chi connectivity index (χ1n) is 8.22. The maximum Gasteiger partial charge on any atom is 0.116 e. The van der Waals surface area contributed by atoms with Crippen LogP contribution in [0.15, 0.2) is 55.0 Å². The predicted octanol–water partition coefficient (Wildman–Crippen LogP) is 4.64. The summed E-state index contributed by atoms with van der Waals surface area (Å²) in [5.41, 5.74) is 3.94. The maximum atomic E-state index is 9.26. The molecule has 0 bridgehead atoms. The summed E-state index contributed by atoms with van der Waals surface area (Å²) in [6.45, 7) is 0.486. The van der Waals surface area contributed by atoms with Crippen LogP contribution in [0.1, 0.15) is 22.6 Å². The normalized spacial score (nSPS) is 10.9. The summed E-state index contributed by atoms with van der Waals surface area (Å²) in [6, 6.07) is 13.0. The smallest absolute Gasteiger partial charge is 0.116 e. The monoisotopic (exact) mass is 393 g/mol. The molecule has 0 spiro atoms. The van der Waals surface area contributed by atoms with Gasteiger partial charge in [-0.1, -0.05) is 23.2 Å². The van der Waals surface area contributed by atoms with E-state index in [0.29, 0.717) is 28.6 Å². The minimum Gasteiger partial charge on any atom is -0.323 e. The molecule has 27 heavy (non-hydrogen) atoms. The lowest BCUT2D eigenvalue weighted by Crippen LogP contribution is -2.07. The van der Waals surface area contributed by atoms with Gasteiger partial charge in [0.1, 0.15) is 5.82 Å². The molecule has 0 saturated carbocycles. The van der Waals surface area contributed by atoms with E-state index in [2.05, 4.69) is 16.0 Å². The average molecular weight is 394 g/mol. The average Bonchev–Trinajstić information content (AvgIpc) is 3.01. The number of imidazole rings is 1.